The molecule has 8 aromatic heterocycles. The summed E-state index contributed by atoms with van der Waals surface area (Å²) >= 11 is 0. The molecule has 582 valence electrons. The molecular formula is C103H103N11Si3. The van der Waals surface area contributed by atoms with Gasteiger partial charge in [0, 0.05) is 113 Å². The third kappa shape index (κ3) is 11.9. The summed E-state index contributed by atoms with van der Waals surface area (Å²) in [6, 6.07) is 62.9. The van der Waals surface area contributed by atoms with Crippen molar-refractivity contribution in [1.82, 2.24) is 54.8 Å². The Hall–Kier alpha value is -11.4. The second-order valence-electron chi connectivity index (χ2n) is 36.7. The molecule has 0 saturated carbocycles. The van der Waals surface area contributed by atoms with Gasteiger partial charge in [0.25, 0.3) is 0 Å². The van der Waals surface area contributed by atoms with E-state index in [0.29, 0.717) is 111 Å². The molecule has 0 amide bonds. The van der Waals surface area contributed by atoms with Gasteiger partial charge in [-0.2, -0.15) is 0 Å². The summed E-state index contributed by atoms with van der Waals surface area (Å²) < 4.78 is 0. The zero-order valence-corrected chi connectivity index (χ0v) is 73.6. The minimum Gasteiger partial charge on any atom is -0.358 e. The Morgan fingerprint density at radius 2 is 0.470 bits per heavy atom. The van der Waals surface area contributed by atoms with Crippen LogP contribution in [0.25, 0.3) is 128 Å². The molecule has 4 aliphatic rings. The summed E-state index contributed by atoms with van der Waals surface area (Å²) in [7, 11) is -6.02. The van der Waals surface area contributed by atoms with Gasteiger partial charge in [-0.25, -0.2) is 29.9 Å². The minimum absolute atomic E-state index is 0.146. The summed E-state index contributed by atoms with van der Waals surface area (Å²) in [5.74, 6) is 10.6. The van der Waals surface area contributed by atoms with Crippen LogP contribution in [0.4, 0.5) is 0 Å². The molecule has 11 heterocycles. The number of aromatic amines is 5. The van der Waals surface area contributed by atoms with Crippen LogP contribution in [-0.4, -0.2) is 79.0 Å². The Bertz CT molecular complexity index is 6780. The van der Waals surface area contributed by atoms with Crippen LogP contribution >= 0.6 is 0 Å². The summed E-state index contributed by atoms with van der Waals surface area (Å²) in [6.07, 6.45) is 5.34. The molecule has 3 atom stereocenters. The van der Waals surface area contributed by atoms with Crippen molar-refractivity contribution in [1.29, 1.82) is 0 Å². The zero-order valence-electron chi connectivity index (χ0n) is 70.6. The number of fused-ring (bicyclic) bond motifs is 18. The Balaban J connectivity index is 0.867. The molecule has 19 rings (SSSR count). The van der Waals surface area contributed by atoms with Crippen molar-refractivity contribution in [3.8, 4) is 90.7 Å². The molecule has 0 radical (unpaired) electrons. The summed E-state index contributed by atoms with van der Waals surface area (Å²) in [6.45, 7) is 42.9. The average Bonchev–Trinajstić information content (AvgIpc) is 1.56. The molecule has 15 aromatic rings. The van der Waals surface area contributed by atoms with E-state index in [1.54, 1.807) is 0 Å². The van der Waals surface area contributed by atoms with Crippen molar-refractivity contribution in [3.63, 3.8) is 0 Å². The van der Waals surface area contributed by atoms with Crippen molar-refractivity contribution >= 4 is 96.0 Å². The highest BCUT2D eigenvalue weighted by Crippen LogP contribution is 2.51. The van der Waals surface area contributed by atoms with E-state index in [1.807, 2.05) is 0 Å². The van der Waals surface area contributed by atoms with Crippen LogP contribution in [0.2, 0.25) is 49.9 Å². The molecule has 1 aliphatic carbocycles. The van der Waals surface area contributed by atoms with E-state index in [2.05, 4.69) is 366 Å². The summed E-state index contributed by atoms with van der Waals surface area (Å²) in [5.41, 5.74) is 48.8. The van der Waals surface area contributed by atoms with Crippen LogP contribution in [0.5, 0.6) is 0 Å². The number of rotatable bonds is 12. The van der Waals surface area contributed by atoms with Crippen LogP contribution in [0, 0.1) is 34.4 Å². The van der Waals surface area contributed by atoms with E-state index >= 15 is 0 Å². The van der Waals surface area contributed by atoms with Gasteiger partial charge < -0.3 is 24.9 Å². The first-order valence-corrected chi connectivity index (χ1v) is 49.3. The lowest BCUT2D eigenvalue weighted by Crippen LogP contribution is -2.43. The number of aromatic nitrogens is 11. The number of nitrogens with zero attached hydrogens (tertiary/aromatic N) is 6. The number of hydrogen-bond acceptors (Lipinski definition) is 6. The topological polar surface area (TPSA) is 156 Å². The lowest BCUT2D eigenvalue weighted by Gasteiger charge is -2.38. The highest BCUT2D eigenvalue weighted by atomic mass is 28.3. The normalized spacial score (nSPS) is 15.7. The first-order valence-electron chi connectivity index (χ1n) is 42.6. The van der Waals surface area contributed by atoms with Crippen LogP contribution in [0.15, 0.2) is 188 Å². The average molecular weight is 1580 g/mol. The molecule has 11 nitrogen and oxygen atoms in total. The molecule has 3 aliphatic heterocycles. The lowest BCUT2D eigenvalue weighted by atomic mass is 9.85. The third-order valence-corrected chi connectivity index (χ3v) is 46.8. The van der Waals surface area contributed by atoms with Gasteiger partial charge in [-0.3, -0.25) is 0 Å². The van der Waals surface area contributed by atoms with Crippen LogP contribution < -0.4 is 0 Å². The predicted molar refractivity (Wildman–Crippen MR) is 495 cm³/mol. The minimum atomic E-state index is -2.01. The molecule has 0 fully saturated rings. The van der Waals surface area contributed by atoms with Crippen LogP contribution in [0.1, 0.15) is 216 Å². The molecular weight excluding hydrogens is 1480 g/mol. The van der Waals surface area contributed by atoms with E-state index in [0.717, 1.165) is 135 Å². The highest BCUT2D eigenvalue weighted by Gasteiger charge is 2.45. The number of hydrogen-bond donors (Lipinski definition) is 5. The highest BCUT2D eigenvalue weighted by molar-refractivity contribution is 6.91. The zero-order chi connectivity index (χ0) is 81.2. The number of allylic oxidation sites excluding steroid dienone is 4. The number of nitrogens with one attached hydrogen (secondary N) is 5. The molecule has 117 heavy (non-hydrogen) atoms. The van der Waals surface area contributed by atoms with Crippen molar-refractivity contribution in [3.05, 3.63) is 255 Å². The molecule has 24 bridgehead atoms. The van der Waals surface area contributed by atoms with Crippen LogP contribution in [0.3, 0.4) is 0 Å². The maximum absolute atomic E-state index is 6.06. The van der Waals surface area contributed by atoms with E-state index in [1.165, 1.54) is 11.1 Å². The number of benzene rings is 7. The SMILES string of the molecule is CC(C)[Si](C#Cc1ccc(C2C3=CC=C(C3)c3ccc4c5nc6c(nc35)c3nc5c(ccc7c5nc3c3nc5c(ccc(c5nc63)-c3ccc([nH]3)C(c3ccc(C#C[Si](C(C)C)(C(C)C)C(C)C)cc3)c3ccc-4[nH]3)-c3ccc([nH]3)C(c3ccc(C#C[Si](C(C)C)(C(C)C)C(C)C)cc3)c3ccc-7[nH]3)-c3ccc2[nH]3)cc1)(C(C)C)C(C)C. The van der Waals surface area contributed by atoms with Gasteiger partial charge in [-0.1, -0.05) is 203 Å². The summed E-state index contributed by atoms with van der Waals surface area (Å²) in [5, 5.41) is 0. The van der Waals surface area contributed by atoms with Crippen molar-refractivity contribution in [2.24, 2.45) is 0 Å². The van der Waals surface area contributed by atoms with Crippen LogP contribution in [-0.2, 0) is 0 Å². The van der Waals surface area contributed by atoms with Crippen molar-refractivity contribution in [2.75, 3.05) is 0 Å². The number of H-pyrrole nitrogens is 5. The van der Waals surface area contributed by atoms with Crippen molar-refractivity contribution in [2.45, 2.75) is 199 Å². The fraction of sp³-hybridized carbons (Fsp3) is 0.301. The largest absolute Gasteiger partial charge is 0.358 e. The Morgan fingerprint density at radius 3 is 0.718 bits per heavy atom. The second kappa shape index (κ2) is 28.4. The Labute approximate surface area is 690 Å². The van der Waals surface area contributed by atoms with Gasteiger partial charge in [-0.15, -0.1) is 16.6 Å². The standard InChI is InChI=1S/C103H103N11Si3/c1-56(2)115(57(3)4,58(5)6)52-49-65-19-25-68(26-20-65)89-72-32-31-71(55-72)73-33-34-74-80-40-45-85(105-80)90(69-27-21-66(22-28-69)50-53-116(59(7)8,60(9)10)61(11)12)86-46-42-82(107-86)77-37-38-78-83-43-48-88(108-83)91(70-29-23-67(24-30-70)51-54-117(62(13)14,63(15)16)64(17)18)87-47-41-81(106-87)76-36-35-75(79-39-44-84(89)104-79)94-95(76)113-102-100(111-94)98-99(110-93(74)92(73)109-98)101-103(102)114-97(78)96(77)112-101/h19-48,56-64,89-91,104-108H,55H2,1-18H3. The quantitative estimate of drug-likeness (QED) is 0.0355. The predicted octanol–water partition coefficient (Wildman–Crippen LogP) is 26.5. The van der Waals surface area contributed by atoms with E-state index in [9.17, 15) is 0 Å². The smallest absolute Gasteiger partial charge is 0.146 e. The molecule has 5 N–H and O–H groups in total. The third-order valence-electron chi connectivity index (χ3n) is 27.9. The van der Waals surface area contributed by atoms with E-state index in [4.69, 9.17) is 29.9 Å². The van der Waals surface area contributed by atoms with E-state index < -0.39 is 24.2 Å². The van der Waals surface area contributed by atoms with Gasteiger partial charge in [-0.05, 0) is 206 Å². The molecule has 14 heteroatoms. The van der Waals surface area contributed by atoms with Gasteiger partial charge in [0.1, 0.15) is 57.3 Å². The van der Waals surface area contributed by atoms with Gasteiger partial charge >= 0.3 is 0 Å². The van der Waals surface area contributed by atoms with Crippen molar-refractivity contribution < 1.29 is 0 Å². The maximum atomic E-state index is 6.06. The fourth-order valence-corrected chi connectivity index (χ4v) is 37.8. The van der Waals surface area contributed by atoms with Gasteiger partial charge in [0.2, 0.25) is 0 Å². The lowest BCUT2D eigenvalue weighted by molar-refractivity contribution is 0.838. The molecule has 0 spiro atoms. The molecule has 7 aromatic carbocycles. The maximum Gasteiger partial charge on any atom is 0.146 e. The Kier molecular flexibility index (Phi) is 18.4. The Morgan fingerprint density at radius 1 is 0.248 bits per heavy atom. The fourth-order valence-electron chi connectivity index (χ4n) is 22.1. The first-order chi connectivity index (χ1) is 56.3. The molecule has 3 unspecified atom stereocenters. The second-order valence-corrected chi connectivity index (χ2v) is 53.4. The molecule has 0 saturated heterocycles. The van der Waals surface area contributed by atoms with E-state index in [-0.39, 0.29) is 17.8 Å². The van der Waals surface area contributed by atoms with Gasteiger partial charge in [0.05, 0.1) is 44.9 Å². The summed E-state index contributed by atoms with van der Waals surface area (Å²) in [4.78, 5) is 56.5. The van der Waals surface area contributed by atoms with Gasteiger partial charge in [0.15, 0.2) is 0 Å². The first kappa shape index (κ1) is 75.6. The monoisotopic (exact) mass is 1580 g/mol.